The van der Waals surface area contributed by atoms with Crippen molar-refractivity contribution in [3.63, 3.8) is 0 Å². The van der Waals surface area contributed by atoms with Crippen molar-refractivity contribution in [2.75, 3.05) is 52.5 Å². The van der Waals surface area contributed by atoms with Crippen LogP contribution in [0.4, 0.5) is 13.2 Å². The maximum Gasteiger partial charge on any atom is 0.416 e. The van der Waals surface area contributed by atoms with Crippen LogP contribution in [0.3, 0.4) is 0 Å². The zero-order valence-corrected chi connectivity index (χ0v) is 18.2. The second-order valence-electron chi connectivity index (χ2n) is 8.25. The summed E-state index contributed by atoms with van der Waals surface area (Å²) in [6, 6.07) is 12.0. The van der Waals surface area contributed by atoms with Gasteiger partial charge in [0, 0.05) is 56.9 Å². The molecule has 2 aliphatic rings. The molecule has 2 amide bonds. The fraction of sp³-hybridized carbons (Fsp3) is 0.417. The van der Waals surface area contributed by atoms with E-state index in [-0.39, 0.29) is 24.6 Å². The third-order valence-electron chi connectivity index (χ3n) is 5.97. The Hall–Kier alpha value is -2.91. The van der Waals surface area contributed by atoms with Crippen LogP contribution < -0.4 is 0 Å². The molecule has 4 rings (SSSR count). The molecule has 33 heavy (non-hydrogen) atoms. The molecule has 2 heterocycles. The number of carbonyl (C=O) groups is 2. The molecule has 0 unspecified atom stereocenters. The highest BCUT2D eigenvalue weighted by atomic mass is 19.4. The van der Waals surface area contributed by atoms with Crippen LogP contribution in [0, 0.1) is 0 Å². The lowest BCUT2D eigenvalue weighted by Crippen LogP contribution is -2.50. The number of piperazine rings is 1. The monoisotopic (exact) mass is 461 g/mol. The average molecular weight is 461 g/mol. The smallest absolute Gasteiger partial charge is 0.379 e. The van der Waals surface area contributed by atoms with Gasteiger partial charge in [-0.3, -0.25) is 14.5 Å². The predicted octanol–water partition coefficient (Wildman–Crippen LogP) is 3.14. The summed E-state index contributed by atoms with van der Waals surface area (Å²) in [6.45, 7) is 5.10. The first kappa shape index (κ1) is 23.3. The Balaban J connectivity index is 1.35. The van der Waals surface area contributed by atoms with Gasteiger partial charge in [-0.15, -0.1) is 0 Å². The summed E-state index contributed by atoms with van der Waals surface area (Å²) in [4.78, 5) is 31.2. The van der Waals surface area contributed by atoms with Crippen LogP contribution in [-0.4, -0.2) is 79.0 Å². The molecule has 0 aliphatic carbocycles. The van der Waals surface area contributed by atoms with Gasteiger partial charge in [0.2, 0.25) is 0 Å². The third-order valence-corrected chi connectivity index (χ3v) is 5.97. The molecule has 0 aromatic heterocycles. The number of benzene rings is 2. The Morgan fingerprint density at radius 2 is 1.33 bits per heavy atom. The Labute approximate surface area is 190 Å². The lowest BCUT2D eigenvalue weighted by atomic mass is 10.1. The number of amides is 2. The zero-order chi connectivity index (χ0) is 23.4. The minimum atomic E-state index is -4.50. The van der Waals surface area contributed by atoms with E-state index in [9.17, 15) is 22.8 Å². The average Bonchev–Trinajstić information content (AvgIpc) is 2.83. The van der Waals surface area contributed by atoms with Crippen molar-refractivity contribution in [3.05, 3.63) is 70.8 Å². The molecular weight excluding hydrogens is 435 g/mol. The largest absolute Gasteiger partial charge is 0.416 e. The van der Waals surface area contributed by atoms with Crippen LogP contribution in [0.2, 0.25) is 0 Å². The van der Waals surface area contributed by atoms with Gasteiger partial charge >= 0.3 is 6.18 Å². The summed E-state index contributed by atoms with van der Waals surface area (Å²) < 4.78 is 44.2. The fourth-order valence-corrected chi connectivity index (χ4v) is 4.13. The number of alkyl halides is 3. The molecule has 2 aromatic rings. The Bertz CT molecular complexity index is 998. The van der Waals surface area contributed by atoms with Crippen molar-refractivity contribution in [2.24, 2.45) is 0 Å². The molecule has 0 atom stereocenters. The van der Waals surface area contributed by atoms with Gasteiger partial charge < -0.3 is 14.5 Å². The molecule has 6 nitrogen and oxygen atoms in total. The van der Waals surface area contributed by atoms with E-state index in [1.54, 1.807) is 11.0 Å². The van der Waals surface area contributed by atoms with Crippen molar-refractivity contribution in [2.45, 2.75) is 12.7 Å². The molecule has 0 N–H and O–H groups in total. The molecule has 2 aliphatic heterocycles. The van der Waals surface area contributed by atoms with E-state index in [0.29, 0.717) is 31.9 Å². The van der Waals surface area contributed by atoms with Gasteiger partial charge in [-0.25, -0.2) is 0 Å². The normalized spacial score (nSPS) is 17.8. The molecule has 2 saturated heterocycles. The van der Waals surface area contributed by atoms with Crippen LogP contribution >= 0.6 is 0 Å². The minimum absolute atomic E-state index is 0.000385. The molecule has 9 heteroatoms. The maximum absolute atomic E-state index is 13.0. The van der Waals surface area contributed by atoms with Gasteiger partial charge in [0.1, 0.15) is 0 Å². The highest BCUT2D eigenvalue weighted by Gasteiger charge is 2.32. The Morgan fingerprint density at radius 1 is 0.788 bits per heavy atom. The lowest BCUT2D eigenvalue weighted by Gasteiger charge is -2.35. The molecule has 0 radical (unpaired) electrons. The summed E-state index contributed by atoms with van der Waals surface area (Å²) in [6.07, 6.45) is -4.50. The van der Waals surface area contributed by atoms with Crippen LogP contribution in [0.1, 0.15) is 31.8 Å². The van der Waals surface area contributed by atoms with E-state index in [2.05, 4.69) is 4.90 Å². The van der Waals surface area contributed by atoms with E-state index >= 15 is 0 Å². The minimum Gasteiger partial charge on any atom is -0.379 e. The van der Waals surface area contributed by atoms with Crippen molar-refractivity contribution < 1.29 is 27.5 Å². The van der Waals surface area contributed by atoms with Crippen molar-refractivity contribution in [1.29, 1.82) is 0 Å². The van der Waals surface area contributed by atoms with Gasteiger partial charge in [-0.05, 0) is 35.9 Å². The second-order valence-corrected chi connectivity index (χ2v) is 8.25. The molecular formula is C24H26F3N3O3. The zero-order valence-electron chi connectivity index (χ0n) is 18.2. The summed E-state index contributed by atoms with van der Waals surface area (Å²) in [7, 11) is 0. The Morgan fingerprint density at radius 3 is 1.91 bits per heavy atom. The first-order chi connectivity index (χ1) is 15.8. The number of carbonyl (C=O) groups excluding carboxylic acids is 2. The van der Waals surface area contributed by atoms with E-state index in [0.717, 1.165) is 37.3 Å². The van der Waals surface area contributed by atoms with Crippen molar-refractivity contribution >= 4 is 11.8 Å². The van der Waals surface area contributed by atoms with Gasteiger partial charge in [-0.2, -0.15) is 13.2 Å². The summed E-state index contributed by atoms with van der Waals surface area (Å²) >= 11 is 0. The SMILES string of the molecule is O=C(c1cccc(CN2CCOCC2)c1)N1CCN(C(=O)c2cccc(C(F)(F)F)c2)CC1. The van der Waals surface area contributed by atoms with E-state index in [4.69, 9.17) is 4.74 Å². The molecule has 176 valence electrons. The predicted molar refractivity (Wildman–Crippen MR) is 116 cm³/mol. The summed E-state index contributed by atoms with van der Waals surface area (Å²) in [5, 5.41) is 0. The maximum atomic E-state index is 13.0. The topological polar surface area (TPSA) is 53.1 Å². The van der Waals surface area contributed by atoms with Crippen LogP contribution in [0.5, 0.6) is 0 Å². The fourth-order valence-electron chi connectivity index (χ4n) is 4.13. The van der Waals surface area contributed by atoms with Crippen LogP contribution in [0.15, 0.2) is 48.5 Å². The van der Waals surface area contributed by atoms with E-state index in [1.165, 1.54) is 17.0 Å². The van der Waals surface area contributed by atoms with Crippen molar-refractivity contribution in [3.8, 4) is 0 Å². The first-order valence-corrected chi connectivity index (χ1v) is 11.0. The van der Waals surface area contributed by atoms with Crippen molar-refractivity contribution in [1.82, 2.24) is 14.7 Å². The molecule has 2 aromatic carbocycles. The standard InChI is InChI=1S/C24H26F3N3O3/c25-24(26,27)21-6-2-5-20(16-21)23(32)30-9-7-29(8-10-30)22(31)19-4-1-3-18(15-19)17-28-11-13-33-14-12-28/h1-6,15-16H,7-14,17H2. The number of ether oxygens (including phenoxy) is 1. The molecule has 0 spiro atoms. The number of hydrogen-bond donors (Lipinski definition) is 0. The highest BCUT2D eigenvalue weighted by Crippen LogP contribution is 2.29. The molecule has 2 fully saturated rings. The molecule has 0 saturated carbocycles. The van der Waals surface area contributed by atoms with Gasteiger partial charge in [0.15, 0.2) is 0 Å². The number of rotatable bonds is 4. The van der Waals surface area contributed by atoms with Crippen LogP contribution in [-0.2, 0) is 17.5 Å². The second kappa shape index (κ2) is 9.93. The van der Waals surface area contributed by atoms with Gasteiger partial charge in [-0.1, -0.05) is 18.2 Å². The third kappa shape index (κ3) is 5.72. The van der Waals surface area contributed by atoms with Gasteiger partial charge in [0.05, 0.1) is 18.8 Å². The number of halogens is 3. The number of morpholine rings is 1. The summed E-state index contributed by atoms with van der Waals surface area (Å²) in [5.41, 5.74) is 0.805. The Kier molecular flexibility index (Phi) is 6.99. The first-order valence-electron chi connectivity index (χ1n) is 11.0. The van der Waals surface area contributed by atoms with Crippen LogP contribution in [0.25, 0.3) is 0 Å². The quantitative estimate of drug-likeness (QED) is 0.702. The van der Waals surface area contributed by atoms with E-state index in [1.807, 2.05) is 18.2 Å². The highest BCUT2D eigenvalue weighted by molar-refractivity contribution is 5.96. The number of hydrogen-bond acceptors (Lipinski definition) is 4. The van der Waals surface area contributed by atoms with Gasteiger partial charge in [0.25, 0.3) is 11.8 Å². The molecule has 0 bridgehead atoms. The lowest BCUT2D eigenvalue weighted by molar-refractivity contribution is -0.137. The van der Waals surface area contributed by atoms with E-state index < -0.39 is 17.6 Å². The number of nitrogens with zero attached hydrogens (tertiary/aromatic N) is 3. The summed E-state index contributed by atoms with van der Waals surface area (Å²) in [5.74, 6) is -0.564.